The van der Waals surface area contributed by atoms with Crippen molar-refractivity contribution in [2.45, 2.75) is 64.4 Å². The quantitative estimate of drug-likeness (QED) is 0.413. The van der Waals surface area contributed by atoms with Crippen molar-refractivity contribution in [1.29, 1.82) is 0 Å². The van der Waals surface area contributed by atoms with Crippen LogP contribution in [0, 0.1) is 11.8 Å². The molecule has 2 aliphatic heterocycles. The molecule has 1 N–H and O–H groups in total. The van der Waals surface area contributed by atoms with Gasteiger partial charge in [0.2, 0.25) is 5.91 Å². The van der Waals surface area contributed by atoms with Crippen molar-refractivity contribution in [1.82, 2.24) is 5.32 Å². The third-order valence-electron chi connectivity index (χ3n) is 5.60. The van der Waals surface area contributed by atoms with Crippen LogP contribution in [-0.2, 0) is 28.6 Å². The Morgan fingerprint density at radius 2 is 2.15 bits per heavy atom. The summed E-state index contributed by atoms with van der Waals surface area (Å²) in [6.45, 7) is 10.7. The van der Waals surface area contributed by atoms with Gasteiger partial charge in [0.25, 0.3) is 5.91 Å². The summed E-state index contributed by atoms with van der Waals surface area (Å²) in [5, 5.41) is 2.34. The fraction of sp³-hybridized carbons (Fsp3) is 0.650. The summed E-state index contributed by atoms with van der Waals surface area (Å²) < 4.78 is 17.8. The lowest BCUT2D eigenvalue weighted by Gasteiger charge is -2.38. The van der Waals surface area contributed by atoms with Gasteiger partial charge in [-0.15, -0.1) is 6.58 Å². The molecule has 0 aromatic rings. The van der Waals surface area contributed by atoms with E-state index < -0.39 is 47.6 Å². The van der Waals surface area contributed by atoms with Gasteiger partial charge in [0.1, 0.15) is 17.8 Å². The van der Waals surface area contributed by atoms with E-state index in [-0.39, 0.29) is 5.92 Å². The summed E-state index contributed by atoms with van der Waals surface area (Å²) in [5.41, 5.74) is -0.330. The molecule has 2 amide bonds. The second-order valence-corrected chi connectivity index (χ2v) is 7.24. The maximum Gasteiger partial charge on any atom is 0.303 e. The smallest absolute Gasteiger partial charge is 0.303 e. The largest absolute Gasteiger partial charge is 0.457 e. The maximum atomic E-state index is 12.5. The number of amides is 2. The number of methoxy groups -OCH3 is 1. The van der Waals surface area contributed by atoms with Crippen LogP contribution in [0.25, 0.3) is 0 Å². The van der Waals surface area contributed by atoms with Crippen molar-refractivity contribution in [3.8, 4) is 0 Å². The summed E-state index contributed by atoms with van der Waals surface area (Å²) in [6.07, 6.45) is 2.59. The molecule has 2 heterocycles. The van der Waals surface area contributed by atoms with E-state index in [2.05, 4.69) is 11.9 Å². The first-order chi connectivity index (χ1) is 12.7. The number of imide groups is 1. The molecule has 2 rings (SSSR count). The molecule has 7 nitrogen and oxygen atoms in total. The molecule has 27 heavy (non-hydrogen) atoms. The Morgan fingerprint density at radius 1 is 1.48 bits per heavy atom. The van der Waals surface area contributed by atoms with Gasteiger partial charge in [0.05, 0.1) is 5.92 Å². The molecule has 1 saturated heterocycles. The molecule has 2 aliphatic rings. The van der Waals surface area contributed by atoms with Crippen LogP contribution in [-0.4, -0.2) is 48.8 Å². The SMILES string of the molecule is C=CC[C@H](C)[C@]1(CC)O[C@@H](C2C=C(C)C(=O)NC2=O)[C@H](OC(C)=O)[C@@H]1OC. The average molecular weight is 379 g/mol. The Morgan fingerprint density at radius 3 is 2.67 bits per heavy atom. The van der Waals surface area contributed by atoms with Gasteiger partial charge in [-0.1, -0.05) is 26.0 Å². The topological polar surface area (TPSA) is 90.9 Å². The van der Waals surface area contributed by atoms with Crippen LogP contribution in [0.5, 0.6) is 0 Å². The predicted molar refractivity (Wildman–Crippen MR) is 98.6 cm³/mol. The molecule has 1 unspecified atom stereocenters. The highest BCUT2D eigenvalue weighted by molar-refractivity contribution is 6.08. The van der Waals surface area contributed by atoms with Crippen molar-refractivity contribution in [3.05, 3.63) is 24.3 Å². The summed E-state index contributed by atoms with van der Waals surface area (Å²) in [5.74, 6) is -2.11. The second-order valence-electron chi connectivity index (χ2n) is 7.24. The van der Waals surface area contributed by atoms with E-state index in [1.165, 1.54) is 6.92 Å². The second kappa shape index (κ2) is 8.35. The number of ether oxygens (including phenoxy) is 3. The van der Waals surface area contributed by atoms with Crippen molar-refractivity contribution < 1.29 is 28.6 Å². The lowest BCUT2D eigenvalue weighted by atomic mass is 9.78. The Hall–Kier alpha value is -1.99. The van der Waals surface area contributed by atoms with Crippen molar-refractivity contribution in [2.24, 2.45) is 11.8 Å². The minimum atomic E-state index is -0.771. The Bertz CT molecular complexity index is 657. The standard InChI is InChI=1S/C20H29NO6/c1-7-9-12(4)20(8-2)17(25-6)16(26-13(5)22)15(27-20)14-10-11(3)18(23)21-19(14)24/h7,10,12,14-17H,1,8-9H2,2-6H3,(H,21,23,24)/t12-,14?,15-,16-,17-,20-/m0/s1. The summed E-state index contributed by atoms with van der Waals surface area (Å²) in [6, 6.07) is 0. The van der Waals surface area contributed by atoms with Gasteiger partial charge < -0.3 is 14.2 Å². The van der Waals surface area contributed by atoms with E-state index in [0.29, 0.717) is 18.4 Å². The first-order valence-corrected chi connectivity index (χ1v) is 9.24. The van der Waals surface area contributed by atoms with Gasteiger partial charge in [-0.2, -0.15) is 0 Å². The van der Waals surface area contributed by atoms with E-state index in [1.807, 2.05) is 19.9 Å². The predicted octanol–water partition coefficient (Wildman–Crippen LogP) is 1.91. The minimum absolute atomic E-state index is 0.0198. The zero-order valence-corrected chi connectivity index (χ0v) is 16.6. The molecular weight excluding hydrogens is 350 g/mol. The molecule has 0 aliphatic carbocycles. The number of hydrogen-bond donors (Lipinski definition) is 1. The van der Waals surface area contributed by atoms with Crippen LogP contribution >= 0.6 is 0 Å². The molecule has 0 saturated carbocycles. The molecule has 7 heteroatoms. The van der Waals surface area contributed by atoms with Crippen molar-refractivity contribution >= 4 is 17.8 Å². The molecule has 0 aromatic carbocycles. The third kappa shape index (κ3) is 3.84. The van der Waals surface area contributed by atoms with Crippen molar-refractivity contribution in [2.75, 3.05) is 7.11 Å². The normalized spacial score (nSPS) is 34.6. The Labute approximate surface area is 160 Å². The van der Waals surface area contributed by atoms with E-state index in [0.717, 1.165) is 0 Å². The van der Waals surface area contributed by atoms with Crippen LogP contribution in [0.1, 0.15) is 40.5 Å². The van der Waals surface area contributed by atoms with Gasteiger partial charge in [-0.05, 0) is 25.7 Å². The summed E-state index contributed by atoms with van der Waals surface area (Å²) in [4.78, 5) is 36.0. The Kier molecular flexibility index (Phi) is 6.59. The van der Waals surface area contributed by atoms with E-state index in [9.17, 15) is 14.4 Å². The fourth-order valence-electron chi connectivity index (χ4n) is 4.21. The average Bonchev–Trinajstić information content (AvgIpc) is 2.92. The third-order valence-corrected chi connectivity index (χ3v) is 5.60. The van der Waals surface area contributed by atoms with E-state index in [1.54, 1.807) is 20.1 Å². The molecule has 6 atom stereocenters. The number of allylic oxidation sites excluding steroid dienone is 1. The van der Waals surface area contributed by atoms with E-state index in [4.69, 9.17) is 14.2 Å². The van der Waals surface area contributed by atoms with Crippen molar-refractivity contribution in [3.63, 3.8) is 0 Å². The van der Waals surface area contributed by atoms with E-state index >= 15 is 0 Å². The lowest BCUT2D eigenvalue weighted by molar-refractivity contribution is -0.157. The Balaban J connectivity index is 2.51. The number of hydrogen-bond acceptors (Lipinski definition) is 6. The number of rotatable bonds is 7. The minimum Gasteiger partial charge on any atom is -0.457 e. The molecule has 0 aromatic heterocycles. The number of esters is 1. The van der Waals surface area contributed by atoms with Crippen LogP contribution in [0.3, 0.4) is 0 Å². The van der Waals surface area contributed by atoms with Crippen LogP contribution in [0.4, 0.5) is 0 Å². The molecular formula is C20H29NO6. The number of carbonyl (C=O) groups excluding carboxylic acids is 3. The first kappa shape index (κ1) is 21.3. The fourth-order valence-corrected chi connectivity index (χ4v) is 4.21. The number of carbonyl (C=O) groups is 3. The van der Waals surface area contributed by atoms with Gasteiger partial charge in [-0.3, -0.25) is 19.7 Å². The van der Waals surface area contributed by atoms with Crippen LogP contribution in [0.2, 0.25) is 0 Å². The maximum absolute atomic E-state index is 12.5. The lowest BCUT2D eigenvalue weighted by Crippen LogP contribution is -2.50. The van der Waals surface area contributed by atoms with Gasteiger partial charge in [0, 0.05) is 19.6 Å². The summed E-state index contributed by atoms with van der Waals surface area (Å²) >= 11 is 0. The molecule has 150 valence electrons. The molecule has 0 radical (unpaired) electrons. The zero-order chi connectivity index (χ0) is 20.4. The van der Waals surface area contributed by atoms with Gasteiger partial charge in [-0.25, -0.2) is 0 Å². The molecule has 1 fully saturated rings. The van der Waals surface area contributed by atoms with Crippen LogP contribution in [0.15, 0.2) is 24.3 Å². The molecule has 0 spiro atoms. The van der Waals surface area contributed by atoms with Crippen LogP contribution < -0.4 is 5.32 Å². The first-order valence-electron chi connectivity index (χ1n) is 9.24. The molecule has 0 bridgehead atoms. The number of nitrogens with one attached hydrogen (secondary N) is 1. The monoisotopic (exact) mass is 379 g/mol. The highest BCUT2D eigenvalue weighted by atomic mass is 16.6. The summed E-state index contributed by atoms with van der Waals surface area (Å²) in [7, 11) is 1.55. The zero-order valence-electron chi connectivity index (χ0n) is 16.6. The van der Waals surface area contributed by atoms with Gasteiger partial charge >= 0.3 is 5.97 Å². The highest BCUT2D eigenvalue weighted by Crippen LogP contribution is 2.46. The highest BCUT2D eigenvalue weighted by Gasteiger charge is 2.61. The van der Waals surface area contributed by atoms with Gasteiger partial charge in [0.15, 0.2) is 6.10 Å².